The van der Waals surface area contributed by atoms with Crippen LogP contribution in [0.15, 0.2) is 33.6 Å². The van der Waals surface area contributed by atoms with Gasteiger partial charge in [-0.2, -0.15) is 4.31 Å². The molecule has 1 aromatic rings. The van der Waals surface area contributed by atoms with Crippen molar-refractivity contribution in [3.05, 3.63) is 28.7 Å². The molecule has 0 amide bonds. The first-order valence-corrected chi connectivity index (χ1v) is 10.2. The molecule has 0 aliphatic carbocycles. The van der Waals surface area contributed by atoms with Crippen LogP contribution >= 0.6 is 15.9 Å². The predicted molar refractivity (Wildman–Crippen MR) is 83.9 cm³/mol. The molecule has 8 heteroatoms. The second kappa shape index (κ2) is 6.08. The molecule has 0 saturated carbocycles. The maximum atomic E-state index is 12.7. The second-order valence-corrected chi connectivity index (χ2v) is 9.80. The molecule has 21 heavy (non-hydrogen) atoms. The average molecular weight is 392 g/mol. The van der Waals surface area contributed by atoms with Crippen molar-refractivity contribution >= 4 is 35.8 Å². The van der Waals surface area contributed by atoms with Crippen LogP contribution in [0, 0.1) is 12.3 Å². The van der Waals surface area contributed by atoms with E-state index in [4.69, 9.17) is 6.42 Å². The van der Waals surface area contributed by atoms with Crippen LogP contribution in [0.4, 0.5) is 0 Å². The first kappa shape index (κ1) is 16.5. The number of benzene rings is 1. The summed E-state index contributed by atoms with van der Waals surface area (Å²) in [4.78, 5) is 0.102. The lowest BCUT2D eigenvalue weighted by Gasteiger charge is -2.25. The molecule has 1 aliphatic rings. The van der Waals surface area contributed by atoms with Crippen LogP contribution in [0.5, 0.6) is 0 Å². The standard InChI is InChI=1S/C13H14BrNO4S2/c1-2-8-15(12-7-9-20(16,17)10-12)21(18,19)13-5-3-11(14)4-6-13/h1,3-6,12H,7-10H2. The lowest BCUT2D eigenvalue weighted by atomic mass is 10.3. The monoisotopic (exact) mass is 391 g/mol. The summed E-state index contributed by atoms with van der Waals surface area (Å²) < 4.78 is 50.3. The summed E-state index contributed by atoms with van der Waals surface area (Å²) in [6.45, 7) is -0.140. The third-order valence-corrected chi connectivity index (χ3v) is 7.47. The molecule has 1 aromatic carbocycles. The summed E-state index contributed by atoms with van der Waals surface area (Å²) in [7, 11) is -7.00. The van der Waals surface area contributed by atoms with Gasteiger partial charge in [-0.15, -0.1) is 6.42 Å². The Morgan fingerprint density at radius 3 is 2.43 bits per heavy atom. The minimum Gasteiger partial charge on any atom is -0.229 e. The normalized spacial score (nSPS) is 21.3. The van der Waals surface area contributed by atoms with E-state index in [-0.39, 0.29) is 29.4 Å². The molecule has 0 bridgehead atoms. The smallest absolute Gasteiger partial charge is 0.229 e. The van der Waals surface area contributed by atoms with E-state index in [1.165, 1.54) is 12.1 Å². The average Bonchev–Trinajstić information content (AvgIpc) is 2.76. The highest BCUT2D eigenvalue weighted by molar-refractivity contribution is 9.10. The Kier molecular flexibility index (Phi) is 4.78. The first-order chi connectivity index (χ1) is 9.76. The van der Waals surface area contributed by atoms with Crippen molar-refractivity contribution < 1.29 is 16.8 Å². The molecule has 1 atom stereocenters. The quantitative estimate of drug-likeness (QED) is 0.724. The molecule has 1 heterocycles. The summed E-state index contributed by atoms with van der Waals surface area (Å²) in [6, 6.07) is 5.57. The van der Waals surface area contributed by atoms with Gasteiger partial charge < -0.3 is 0 Å². The van der Waals surface area contributed by atoms with Crippen molar-refractivity contribution in [2.24, 2.45) is 0 Å². The van der Waals surface area contributed by atoms with Crippen LogP contribution < -0.4 is 0 Å². The summed E-state index contributed by atoms with van der Waals surface area (Å²) in [5.41, 5.74) is 0. The topological polar surface area (TPSA) is 71.5 Å². The molecule has 1 saturated heterocycles. The van der Waals surface area contributed by atoms with Gasteiger partial charge >= 0.3 is 0 Å². The van der Waals surface area contributed by atoms with Crippen LogP contribution in [0.3, 0.4) is 0 Å². The molecular weight excluding hydrogens is 378 g/mol. The molecule has 0 spiro atoms. The molecule has 0 N–H and O–H groups in total. The number of terminal acetylenes is 1. The van der Waals surface area contributed by atoms with Gasteiger partial charge in [-0.3, -0.25) is 0 Å². The lowest BCUT2D eigenvalue weighted by molar-refractivity contribution is 0.371. The van der Waals surface area contributed by atoms with Crippen LogP contribution in [-0.2, 0) is 19.9 Å². The van der Waals surface area contributed by atoms with Gasteiger partial charge in [0.25, 0.3) is 0 Å². The van der Waals surface area contributed by atoms with E-state index >= 15 is 0 Å². The molecule has 1 aliphatic heterocycles. The highest BCUT2D eigenvalue weighted by atomic mass is 79.9. The predicted octanol–water partition coefficient (Wildman–Crippen LogP) is 1.26. The van der Waals surface area contributed by atoms with Crippen LogP contribution in [0.1, 0.15) is 6.42 Å². The van der Waals surface area contributed by atoms with Crippen molar-refractivity contribution in [3.63, 3.8) is 0 Å². The van der Waals surface area contributed by atoms with Crippen molar-refractivity contribution in [2.75, 3.05) is 18.1 Å². The van der Waals surface area contributed by atoms with E-state index in [0.717, 1.165) is 8.78 Å². The number of halogens is 1. The SMILES string of the molecule is C#CCN(C1CCS(=O)(=O)C1)S(=O)(=O)c1ccc(Br)cc1. The molecule has 114 valence electrons. The molecule has 0 aromatic heterocycles. The second-order valence-electron chi connectivity index (χ2n) is 4.77. The van der Waals surface area contributed by atoms with Crippen molar-refractivity contribution in [3.8, 4) is 12.3 Å². The number of sulfonamides is 1. The zero-order valence-electron chi connectivity index (χ0n) is 11.1. The van der Waals surface area contributed by atoms with Crippen molar-refractivity contribution in [2.45, 2.75) is 17.4 Å². The van der Waals surface area contributed by atoms with E-state index in [1.807, 2.05) is 0 Å². The molecular formula is C13H14BrNO4S2. The molecule has 5 nitrogen and oxygen atoms in total. The molecule has 2 rings (SSSR count). The molecule has 1 fully saturated rings. The highest BCUT2D eigenvalue weighted by Gasteiger charge is 2.38. The Labute approximate surface area is 133 Å². The molecule has 1 unspecified atom stereocenters. The number of hydrogen-bond acceptors (Lipinski definition) is 4. The Bertz CT molecular complexity index is 763. The number of rotatable bonds is 4. The fraction of sp³-hybridized carbons (Fsp3) is 0.385. The minimum atomic E-state index is -3.81. The molecule has 0 radical (unpaired) electrons. The summed E-state index contributed by atoms with van der Waals surface area (Å²) in [5.74, 6) is 2.12. The van der Waals surface area contributed by atoms with Gasteiger partial charge in [0, 0.05) is 10.5 Å². The Hall–Kier alpha value is -0.880. The van der Waals surface area contributed by atoms with Gasteiger partial charge in [0.2, 0.25) is 10.0 Å². The zero-order chi connectivity index (χ0) is 15.7. The van der Waals surface area contributed by atoms with Gasteiger partial charge in [-0.25, -0.2) is 16.8 Å². The minimum absolute atomic E-state index is 0.00536. The Balaban J connectivity index is 2.38. The number of hydrogen-bond donors (Lipinski definition) is 0. The number of nitrogens with zero attached hydrogens (tertiary/aromatic N) is 1. The van der Waals surface area contributed by atoms with E-state index in [9.17, 15) is 16.8 Å². The van der Waals surface area contributed by atoms with Crippen LogP contribution in [-0.4, -0.2) is 45.2 Å². The van der Waals surface area contributed by atoms with Crippen molar-refractivity contribution in [1.82, 2.24) is 4.31 Å². The Morgan fingerprint density at radius 2 is 1.95 bits per heavy atom. The van der Waals surface area contributed by atoms with Gasteiger partial charge in [0.15, 0.2) is 9.84 Å². The highest BCUT2D eigenvalue weighted by Crippen LogP contribution is 2.25. The largest absolute Gasteiger partial charge is 0.244 e. The fourth-order valence-electron chi connectivity index (χ4n) is 2.24. The fourth-order valence-corrected chi connectivity index (χ4v) is 5.90. The first-order valence-electron chi connectivity index (χ1n) is 6.17. The summed E-state index contributed by atoms with van der Waals surface area (Å²) in [5, 5.41) is 0. The van der Waals surface area contributed by atoms with Crippen LogP contribution in [0.2, 0.25) is 0 Å². The maximum absolute atomic E-state index is 12.7. The van der Waals surface area contributed by atoms with Crippen LogP contribution in [0.25, 0.3) is 0 Å². The van der Waals surface area contributed by atoms with E-state index in [0.29, 0.717) is 0 Å². The van der Waals surface area contributed by atoms with E-state index in [1.54, 1.807) is 12.1 Å². The van der Waals surface area contributed by atoms with Crippen molar-refractivity contribution in [1.29, 1.82) is 0 Å². The van der Waals surface area contributed by atoms with E-state index in [2.05, 4.69) is 21.9 Å². The Morgan fingerprint density at radius 1 is 1.33 bits per heavy atom. The third-order valence-electron chi connectivity index (χ3n) is 3.28. The van der Waals surface area contributed by atoms with Gasteiger partial charge in [0.1, 0.15) is 0 Å². The lowest BCUT2D eigenvalue weighted by Crippen LogP contribution is -2.41. The maximum Gasteiger partial charge on any atom is 0.244 e. The zero-order valence-corrected chi connectivity index (χ0v) is 14.3. The summed E-state index contributed by atoms with van der Waals surface area (Å²) >= 11 is 3.24. The number of sulfone groups is 1. The van der Waals surface area contributed by atoms with Gasteiger partial charge in [0.05, 0.1) is 22.9 Å². The van der Waals surface area contributed by atoms with E-state index < -0.39 is 25.9 Å². The summed E-state index contributed by atoms with van der Waals surface area (Å²) in [6.07, 6.45) is 5.53. The van der Waals surface area contributed by atoms with Gasteiger partial charge in [-0.1, -0.05) is 21.9 Å². The van der Waals surface area contributed by atoms with Gasteiger partial charge in [-0.05, 0) is 30.7 Å². The third kappa shape index (κ3) is 3.66.